The summed E-state index contributed by atoms with van der Waals surface area (Å²) in [7, 11) is 1.71. The molecule has 1 aromatic carbocycles. The number of aryl methyl sites for hydroxylation is 1. The lowest BCUT2D eigenvalue weighted by Gasteiger charge is -2.38. The predicted molar refractivity (Wildman–Crippen MR) is 118 cm³/mol. The lowest BCUT2D eigenvalue weighted by Crippen LogP contribution is -2.52. The molecular formula is C23H33N5O2. The van der Waals surface area contributed by atoms with Crippen LogP contribution in [0.2, 0.25) is 0 Å². The molecule has 0 aliphatic carbocycles. The van der Waals surface area contributed by atoms with Gasteiger partial charge in [-0.2, -0.15) is 0 Å². The molecular weight excluding hydrogens is 378 g/mol. The summed E-state index contributed by atoms with van der Waals surface area (Å²) in [6.45, 7) is 8.81. The molecule has 30 heavy (non-hydrogen) atoms. The molecule has 0 unspecified atom stereocenters. The first kappa shape index (κ1) is 20.7. The van der Waals surface area contributed by atoms with E-state index in [9.17, 15) is 4.79 Å². The molecule has 2 aliphatic rings. The zero-order valence-corrected chi connectivity index (χ0v) is 18.2. The number of likely N-dealkylation sites (tertiary alicyclic amines) is 1. The molecule has 0 radical (unpaired) electrons. The van der Waals surface area contributed by atoms with Gasteiger partial charge in [0.2, 0.25) is 5.91 Å². The van der Waals surface area contributed by atoms with Crippen molar-refractivity contribution in [1.82, 2.24) is 19.4 Å². The molecule has 2 aliphatic heterocycles. The number of anilines is 1. The Balaban J connectivity index is 1.27. The normalized spacial score (nSPS) is 20.4. The van der Waals surface area contributed by atoms with Crippen molar-refractivity contribution in [3.63, 3.8) is 0 Å². The number of amides is 1. The molecule has 1 amide bonds. The molecule has 0 N–H and O–H groups in total. The summed E-state index contributed by atoms with van der Waals surface area (Å²) < 4.78 is 7.72. The van der Waals surface area contributed by atoms with Crippen LogP contribution in [0.1, 0.15) is 18.7 Å². The second-order valence-electron chi connectivity index (χ2n) is 8.41. The van der Waals surface area contributed by atoms with Crippen LogP contribution in [0.3, 0.4) is 0 Å². The third kappa shape index (κ3) is 4.78. The molecule has 2 fully saturated rings. The van der Waals surface area contributed by atoms with Crippen molar-refractivity contribution in [2.24, 2.45) is 5.92 Å². The lowest BCUT2D eigenvalue weighted by atomic mass is 9.98. The van der Waals surface area contributed by atoms with Gasteiger partial charge in [0.15, 0.2) is 0 Å². The Labute approximate surface area is 179 Å². The van der Waals surface area contributed by atoms with E-state index in [0.29, 0.717) is 12.5 Å². The topological polar surface area (TPSA) is 53.8 Å². The molecule has 4 rings (SSSR count). The summed E-state index contributed by atoms with van der Waals surface area (Å²) in [6.07, 6.45) is 6.30. The molecule has 3 heterocycles. The Morgan fingerprint density at radius 2 is 1.97 bits per heavy atom. The molecule has 0 spiro atoms. The van der Waals surface area contributed by atoms with E-state index in [1.54, 1.807) is 7.11 Å². The highest BCUT2D eigenvalue weighted by Crippen LogP contribution is 2.28. The van der Waals surface area contributed by atoms with E-state index in [0.717, 1.165) is 69.5 Å². The fourth-order valence-electron chi connectivity index (χ4n) is 4.70. The van der Waals surface area contributed by atoms with Crippen LogP contribution in [-0.2, 0) is 11.3 Å². The maximum atomic E-state index is 12.9. The van der Waals surface area contributed by atoms with Gasteiger partial charge >= 0.3 is 0 Å². The zero-order valence-electron chi connectivity index (χ0n) is 18.2. The number of benzene rings is 1. The van der Waals surface area contributed by atoms with Crippen LogP contribution >= 0.6 is 0 Å². The first-order chi connectivity index (χ1) is 14.6. The summed E-state index contributed by atoms with van der Waals surface area (Å²) in [5, 5.41) is 0. The van der Waals surface area contributed by atoms with Gasteiger partial charge in [0.1, 0.15) is 11.6 Å². The monoisotopic (exact) mass is 411 g/mol. The number of rotatable bonds is 6. The van der Waals surface area contributed by atoms with Gasteiger partial charge in [0.25, 0.3) is 0 Å². The lowest BCUT2D eigenvalue weighted by molar-refractivity contribution is -0.133. The Kier molecular flexibility index (Phi) is 6.57. The van der Waals surface area contributed by atoms with Crippen molar-refractivity contribution in [2.45, 2.75) is 26.3 Å². The van der Waals surface area contributed by atoms with E-state index in [1.807, 2.05) is 29.3 Å². The standard InChI is InChI=1S/C23H33N5O2/c1-19-24-9-11-28(19)17-20-6-5-10-25(16-20)18-23(29)27-14-12-26(13-15-27)21-7-3-4-8-22(21)30-2/h3-4,7-9,11,20H,5-6,10,12-18H2,1-2H3/t20-/m0/s1. The van der Waals surface area contributed by atoms with E-state index in [4.69, 9.17) is 4.74 Å². The molecule has 0 saturated carbocycles. The maximum Gasteiger partial charge on any atom is 0.236 e. The fraction of sp³-hybridized carbons (Fsp3) is 0.565. The van der Waals surface area contributed by atoms with Crippen molar-refractivity contribution in [3.05, 3.63) is 42.5 Å². The van der Waals surface area contributed by atoms with Crippen LogP contribution in [0.25, 0.3) is 0 Å². The van der Waals surface area contributed by atoms with Crippen molar-refractivity contribution in [2.75, 3.05) is 57.8 Å². The van der Waals surface area contributed by atoms with E-state index < -0.39 is 0 Å². The smallest absolute Gasteiger partial charge is 0.236 e. The van der Waals surface area contributed by atoms with Gasteiger partial charge < -0.3 is 19.1 Å². The van der Waals surface area contributed by atoms with E-state index in [1.165, 1.54) is 6.42 Å². The number of carbonyl (C=O) groups is 1. The Morgan fingerprint density at radius 1 is 1.17 bits per heavy atom. The number of methoxy groups -OCH3 is 1. The average molecular weight is 412 g/mol. The fourth-order valence-corrected chi connectivity index (χ4v) is 4.70. The number of carbonyl (C=O) groups excluding carboxylic acids is 1. The number of hydrogen-bond acceptors (Lipinski definition) is 5. The second kappa shape index (κ2) is 9.51. The SMILES string of the molecule is COc1ccccc1N1CCN(C(=O)CN2CCC[C@H](Cn3ccnc3C)C2)CC1. The van der Waals surface area contributed by atoms with Gasteiger partial charge in [0.05, 0.1) is 19.3 Å². The summed E-state index contributed by atoms with van der Waals surface area (Å²) >= 11 is 0. The van der Waals surface area contributed by atoms with Gasteiger partial charge in [0, 0.05) is 51.7 Å². The van der Waals surface area contributed by atoms with Crippen LogP contribution in [0.15, 0.2) is 36.7 Å². The zero-order chi connectivity index (χ0) is 20.9. The highest BCUT2D eigenvalue weighted by molar-refractivity contribution is 5.78. The van der Waals surface area contributed by atoms with Crippen molar-refractivity contribution in [3.8, 4) is 5.75 Å². The van der Waals surface area contributed by atoms with E-state index in [2.05, 4.69) is 38.5 Å². The molecule has 2 saturated heterocycles. The predicted octanol–water partition coefficient (Wildman–Crippen LogP) is 2.26. The largest absolute Gasteiger partial charge is 0.495 e. The minimum atomic E-state index is 0.258. The van der Waals surface area contributed by atoms with Gasteiger partial charge in [-0.3, -0.25) is 9.69 Å². The number of imidazole rings is 1. The van der Waals surface area contributed by atoms with Crippen molar-refractivity contribution < 1.29 is 9.53 Å². The Morgan fingerprint density at radius 3 is 2.70 bits per heavy atom. The third-order valence-electron chi connectivity index (χ3n) is 6.40. The molecule has 2 aromatic rings. The highest BCUT2D eigenvalue weighted by Gasteiger charge is 2.27. The van der Waals surface area contributed by atoms with Crippen molar-refractivity contribution in [1.29, 1.82) is 0 Å². The van der Waals surface area contributed by atoms with Crippen LogP contribution in [0, 0.1) is 12.8 Å². The molecule has 7 nitrogen and oxygen atoms in total. The summed E-state index contributed by atoms with van der Waals surface area (Å²) in [4.78, 5) is 23.9. The Bertz CT molecular complexity index is 844. The quantitative estimate of drug-likeness (QED) is 0.730. The molecule has 0 bridgehead atoms. The van der Waals surface area contributed by atoms with Gasteiger partial charge in [-0.25, -0.2) is 4.98 Å². The number of piperazine rings is 1. The van der Waals surface area contributed by atoms with Gasteiger partial charge in [-0.15, -0.1) is 0 Å². The van der Waals surface area contributed by atoms with Crippen LogP contribution in [-0.4, -0.2) is 78.2 Å². The number of para-hydroxylation sites is 2. The molecule has 1 aromatic heterocycles. The molecule has 162 valence electrons. The van der Waals surface area contributed by atoms with E-state index in [-0.39, 0.29) is 5.91 Å². The molecule has 1 atom stereocenters. The number of hydrogen-bond donors (Lipinski definition) is 0. The number of aromatic nitrogens is 2. The van der Waals surface area contributed by atoms with Gasteiger partial charge in [-0.1, -0.05) is 12.1 Å². The summed E-state index contributed by atoms with van der Waals surface area (Å²) in [6, 6.07) is 8.10. The van der Waals surface area contributed by atoms with Crippen LogP contribution < -0.4 is 9.64 Å². The number of nitrogens with zero attached hydrogens (tertiary/aromatic N) is 5. The third-order valence-corrected chi connectivity index (χ3v) is 6.40. The van der Waals surface area contributed by atoms with Crippen molar-refractivity contribution >= 4 is 11.6 Å². The average Bonchev–Trinajstić information content (AvgIpc) is 3.18. The summed E-state index contributed by atoms with van der Waals surface area (Å²) in [5.74, 6) is 2.80. The number of ether oxygens (including phenoxy) is 1. The Hall–Kier alpha value is -2.54. The first-order valence-electron chi connectivity index (χ1n) is 11.0. The highest BCUT2D eigenvalue weighted by atomic mass is 16.5. The van der Waals surface area contributed by atoms with E-state index >= 15 is 0 Å². The molecule has 7 heteroatoms. The van der Waals surface area contributed by atoms with Crippen LogP contribution in [0.5, 0.6) is 5.75 Å². The number of piperidine rings is 1. The minimum absolute atomic E-state index is 0.258. The van der Waals surface area contributed by atoms with Gasteiger partial charge in [-0.05, 0) is 44.4 Å². The minimum Gasteiger partial charge on any atom is -0.495 e. The maximum absolute atomic E-state index is 12.9. The summed E-state index contributed by atoms with van der Waals surface area (Å²) in [5.41, 5.74) is 1.11. The first-order valence-corrected chi connectivity index (χ1v) is 11.0. The van der Waals surface area contributed by atoms with Crippen LogP contribution in [0.4, 0.5) is 5.69 Å². The second-order valence-corrected chi connectivity index (χ2v) is 8.41.